The Bertz CT molecular complexity index is 302. The van der Waals surface area contributed by atoms with Crippen molar-refractivity contribution in [2.45, 2.75) is 33.2 Å². The lowest BCUT2D eigenvalue weighted by Gasteiger charge is -2.13. The normalized spacial score (nSPS) is 12.4. The van der Waals surface area contributed by atoms with Crippen LogP contribution in [0, 0.1) is 5.92 Å². The van der Waals surface area contributed by atoms with E-state index < -0.39 is 0 Å². The number of aromatic nitrogens is 1. The molecule has 1 atom stereocenters. The first-order valence-corrected chi connectivity index (χ1v) is 5.99. The molecule has 1 heterocycles. The average Bonchev–Trinajstić information content (AvgIpc) is 2.29. The molecule has 16 heavy (non-hydrogen) atoms. The van der Waals surface area contributed by atoms with Crippen molar-refractivity contribution < 1.29 is 4.74 Å². The largest absolute Gasteiger partial charge is 0.477 e. The van der Waals surface area contributed by atoms with Gasteiger partial charge in [0.1, 0.15) is 0 Å². The van der Waals surface area contributed by atoms with Crippen LogP contribution in [0.5, 0.6) is 5.88 Å². The summed E-state index contributed by atoms with van der Waals surface area (Å²) in [6.07, 6.45) is 4.18. The van der Waals surface area contributed by atoms with Crippen LogP contribution < -0.4 is 10.1 Å². The summed E-state index contributed by atoms with van der Waals surface area (Å²) in [4.78, 5) is 4.27. The maximum atomic E-state index is 5.75. The zero-order valence-corrected chi connectivity index (χ0v) is 10.5. The summed E-state index contributed by atoms with van der Waals surface area (Å²) in [7, 11) is 1.93. The highest BCUT2D eigenvalue weighted by molar-refractivity contribution is 5.25. The minimum absolute atomic E-state index is 0.592. The van der Waals surface area contributed by atoms with Gasteiger partial charge in [-0.15, -0.1) is 0 Å². The molecule has 3 nitrogen and oxygen atoms in total. The third-order valence-corrected chi connectivity index (χ3v) is 2.50. The summed E-state index contributed by atoms with van der Waals surface area (Å²) < 4.78 is 5.75. The van der Waals surface area contributed by atoms with Crippen LogP contribution in [0.1, 0.15) is 32.3 Å². The monoisotopic (exact) mass is 222 g/mol. The highest BCUT2D eigenvalue weighted by Crippen LogP contribution is 2.15. The number of pyridine rings is 1. The van der Waals surface area contributed by atoms with E-state index in [0.29, 0.717) is 5.92 Å². The molecule has 0 aromatic carbocycles. The first-order chi connectivity index (χ1) is 7.77. The maximum Gasteiger partial charge on any atom is 0.217 e. The van der Waals surface area contributed by atoms with E-state index in [4.69, 9.17) is 4.74 Å². The summed E-state index contributed by atoms with van der Waals surface area (Å²) in [5.41, 5.74) is 1.12. The second kappa shape index (κ2) is 7.23. The predicted octanol–water partition coefficient (Wildman–Crippen LogP) is 2.62. The van der Waals surface area contributed by atoms with Crippen molar-refractivity contribution in [3.8, 4) is 5.88 Å². The van der Waals surface area contributed by atoms with Crippen molar-refractivity contribution >= 4 is 0 Å². The van der Waals surface area contributed by atoms with E-state index in [2.05, 4.69) is 24.1 Å². The van der Waals surface area contributed by atoms with E-state index in [9.17, 15) is 0 Å². The maximum absolute atomic E-state index is 5.75. The van der Waals surface area contributed by atoms with Crippen molar-refractivity contribution in [2.24, 2.45) is 5.92 Å². The van der Waals surface area contributed by atoms with Gasteiger partial charge in [0.2, 0.25) is 5.88 Å². The first kappa shape index (κ1) is 13.0. The summed E-state index contributed by atoms with van der Waals surface area (Å²) in [6, 6.07) is 3.98. The number of hydrogen-bond donors (Lipinski definition) is 1. The van der Waals surface area contributed by atoms with E-state index in [-0.39, 0.29) is 0 Å². The molecule has 1 rings (SSSR count). The minimum Gasteiger partial charge on any atom is -0.477 e. The smallest absolute Gasteiger partial charge is 0.217 e. The Labute approximate surface area is 98.2 Å². The lowest BCUT2D eigenvalue weighted by molar-refractivity contribution is 0.240. The van der Waals surface area contributed by atoms with Gasteiger partial charge in [-0.3, -0.25) is 0 Å². The van der Waals surface area contributed by atoms with E-state index in [1.54, 1.807) is 6.20 Å². The highest BCUT2D eigenvalue weighted by atomic mass is 16.5. The van der Waals surface area contributed by atoms with Gasteiger partial charge in [0.15, 0.2) is 0 Å². The van der Waals surface area contributed by atoms with Crippen molar-refractivity contribution in [1.82, 2.24) is 10.3 Å². The van der Waals surface area contributed by atoms with Gasteiger partial charge >= 0.3 is 0 Å². The zero-order valence-electron chi connectivity index (χ0n) is 10.5. The average molecular weight is 222 g/mol. The summed E-state index contributed by atoms with van der Waals surface area (Å²) in [6.45, 7) is 5.96. The molecular weight excluding hydrogens is 200 g/mol. The lowest BCUT2D eigenvalue weighted by atomic mass is 10.1. The molecule has 0 aliphatic rings. The first-order valence-electron chi connectivity index (χ1n) is 5.99. The SMILES string of the molecule is CCCC(C)COc1ncccc1CNC. The van der Waals surface area contributed by atoms with E-state index in [0.717, 1.165) is 24.6 Å². The summed E-state index contributed by atoms with van der Waals surface area (Å²) >= 11 is 0. The Kier molecular flexibility index (Phi) is 5.86. The fourth-order valence-corrected chi connectivity index (χ4v) is 1.68. The molecule has 0 spiro atoms. The molecule has 0 radical (unpaired) electrons. The van der Waals surface area contributed by atoms with Gasteiger partial charge in [0, 0.05) is 18.3 Å². The van der Waals surface area contributed by atoms with Crippen molar-refractivity contribution in [3.05, 3.63) is 23.9 Å². The molecule has 1 aromatic rings. The molecule has 0 aliphatic carbocycles. The van der Waals surface area contributed by atoms with Gasteiger partial charge in [-0.25, -0.2) is 4.98 Å². The third kappa shape index (κ3) is 4.19. The number of nitrogens with one attached hydrogen (secondary N) is 1. The molecule has 3 heteroatoms. The van der Waals surface area contributed by atoms with Crippen LogP contribution >= 0.6 is 0 Å². The molecule has 1 N–H and O–H groups in total. The number of ether oxygens (including phenoxy) is 1. The Morgan fingerprint density at radius 3 is 3.00 bits per heavy atom. The van der Waals surface area contributed by atoms with Crippen LogP contribution in [-0.4, -0.2) is 18.6 Å². The van der Waals surface area contributed by atoms with Crippen molar-refractivity contribution in [1.29, 1.82) is 0 Å². The van der Waals surface area contributed by atoms with Gasteiger partial charge < -0.3 is 10.1 Å². The molecule has 0 fully saturated rings. The van der Waals surface area contributed by atoms with Crippen LogP contribution in [0.2, 0.25) is 0 Å². The van der Waals surface area contributed by atoms with Gasteiger partial charge in [-0.05, 0) is 25.5 Å². The third-order valence-electron chi connectivity index (χ3n) is 2.50. The van der Waals surface area contributed by atoms with Gasteiger partial charge in [0.05, 0.1) is 6.61 Å². The summed E-state index contributed by atoms with van der Waals surface area (Å²) in [5.74, 6) is 1.36. The molecule has 0 bridgehead atoms. The van der Waals surface area contributed by atoms with Gasteiger partial charge in [-0.1, -0.05) is 26.3 Å². The minimum atomic E-state index is 0.592. The fourth-order valence-electron chi connectivity index (χ4n) is 1.68. The summed E-state index contributed by atoms with van der Waals surface area (Å²) in [5, 5.41) is 3.12. The van der Waals surface area contributed by atoms with E-state index in [1.807, 2.05) is 19.2 Å². The molecule has 0 aliphatic heterocycles. The number of nitrogens with zero attached hydrogens (tertiary/aromatic N) is 1. The van der Waals surface area contributed by atoms with Crippen LogP contribution in [0.25, 0.3) is 0 Å². The molecule has 0 amide bonds. The standard InChI is InChI=1S/C13H22N2O/c1-4-6-11(2)10-16-13-12(9-14-3)7-5-8-15-13/h5,7-8,11,14H,4,6,9-10H2,1-3H3. The molecule has 1 aromatic heterocycles. The predicted molar refractivity (Wildman–Crippen MR) is 66.6 cm³/mol. The second-order valence-corrected chi connectivity index (χ2v) is 4.20. The van der Waals surface area contributed by atoms with E-state index in [1.165, 1.54) is 12.8 Å². The second-order valence-electron chi connectivity index (χ2n) is 4.20. The van der Waals surface area contributed by atoms with Gasteiger partial charge in [-0.2, -0.15) is 0 Å². The fraction of sp³-hybridized carbons (Fsp3) is 0.615. The van der Waals surface area contributed by atoms with Crippen molar-refractivity contribution in [2.75, 3.05) is 13.7 Å². The zero-order chi connectivity index (χ0) is 11.8. The van der Waals surface area contributed by atoms with E-state index >= 15 is 0 Å². The molecule has 1 unspecified atom stereocenters. The number of hydrogen-bond acceptors (Lipinski definition) is 3. The molecule has 0 saturated heterocycles. The van der Waals surface area contributed by atoms with Crippen LogP contribution in [0.3, 0.4) is 0 Å². The molecule has 90 valence electrons. The van der Waals surface area contributed by atoms with Crippen LogP contribution in [0.4, 0.5) is 0 Å². The highest BCUT2D eigenvalue weighted by Gasteiger charge is 2.06. The molecular formula is C13H22N2O. The van der Waals surface area contributed by atoms with Gasteiger partial charge in [0.25, 0.3) is 0 Å². The topological polar surface area (TPSA) is 34.1 Å². The lowest BCUT2D eigenvalue weighted by Crippen LogP contribution is -2.12. The van der Waals surface area contributed by atoms with Crippen LogP contribution in [-0.2, 0) is 6.54 Å². The Morgan fingerprint density at radius 2 is 2.31 bits per heavy atom. The van der Waals surface area contributed by atoms with Crippen molar-refractivity contribution in [3.63, 3.8) is 0 Å². The Morgan fingerprint density at radius 1 is 1.50 bits per heavy atom. The van der Waals surface area contributed by atoms with Crippen LogP contribution in [0.15, 0.2) is 18.3 Å². The Balaban J connectivity index is 2.52. The quantitative estimate of drug-likeness (QED) is 0.770. The Hall–Kier alpha value is -1.09. The molecule has 0 saturated carbocycles. The number of rotatable bonds is 7.